The third-order valence-corrected chi connectivity index (χ3v) is 1.55. The molecule has 0 saturated carbocycles. The quantitative estimate of drug-likeness (QED) is 0.754. The Kier molecular flexibility index (Phi) is 3.20. The van der Waals surface area contributed by atoms with Gasteiger partial charge < -0.3 is 5.32 Å². The molecule has 1 aromatic rings. The minimum absolute atomic E-state index is 0.102. The van der Waals surface area contributed by atoms with Crippen LogP contribution in [0.3, 0.4) is 0 Å². The Morgan fingerprint density at radius 1 is 1.38 bits per heavy atom. The van der Waals surface area contributed by atoms with Gasteiger partial charge in [-0.3, -0.25) is 9.59 Å². The zero-order valence-electron chi connectivity index (χ0n) is 7.33. The molecule has 0 saturated heterocycles. The predicted octanol–water partition coefficient (Wildman–Crippen LogP) is 1.30. The summed E-state index contributed by atoms with van der Waals surface area (Å²) < 4.78 is 0. The van der Waals surface area contributed by atoms with E-state index in [0.29, 0.717) is 6.42 Å². The summed E-state index contributed by atoms with van der Waals surface area (Å²) in [6.07, 6.45) is 2.10. The maximum atomic E-state index is 10.7. The van der Waals surface area contributed by atoms with E-state index in [0.717, 1.165) is 11.3 Å². The minimum Gasteiger partial charge on any atom is -0.326 e. The summed E-state index contributed by atoms with van der Waals surface area (Å²) in [5.41, 5.74) is 1.63. The highest BCUT2D eigenvalue weighted by molar-refractivity contribution is 5.88. The van der Waals surface area contributed by atoms with Crippen molar-refractivity contribution >= 4 is 17.9 Å². The van der Waals surface area contributed by atoms with Crippen LogP contribution in [0.4, 0.5) is 5.69 Å². The lowest BCUT2D eigenvalue weighted by molar-refractivity contribution is -0.114. The molecule has 3 heteroatoms. The molecule has 13 heavy (non-hydrogen) atoms. The molecule has 1 aromatic carbocycles. The summed E-state index contributed by atoms with van der Waals surface area (Å²) in [5.74, 6) is -0.102. The number of rotatable bonds is 3. The van der Waals surface area contributed by atoms with Crippen molar-refractivity contribution in [3.05, 3.63) is 29.8 Å². The van der Waals surface area contributed by atoms with Crippen LogP contribution in [0.2, 0.25) is 0 Å². The van der Waals surface area contributed by atoms with Crippen LogP contribution in [0.5, 0.6) is 0 Å². The highest BCUT2D eigenvalue weighted by atomic mass is 16.1. The zero-order chi connectivity index (χ0) is 9.68. The van der Waals surface area contributed by atoms with Gasteiger partial charge >= 0.3 is 0 Å². The van der Waals surface area contributed by atoms with E-state index in [1.165, 1.54) is 6.92 Å². The molecule has 0 aliphatic carbocycles. The molecule has 0 aliphatic heterocycles. The molecule has 0 atom stereocenters. The highest BCUT2D eigenvalue weighted by Crippen LogP contribution is 2.08. The minimum atomic E-state index is -0.102. The summed E-state index contributed by atoms with van der Waals surface area (Å²) in [6, 6.07) is 7.09. The molecule has 1 radical (unpaired) electrons. The van der Waals surface area contributed by atoms with Crippen LogP contribution in [-0.2, 0) is 16.0 Å². The Bertz CT molecular complexity index is 303. The zero-order valence-corrected chi connectivity index (χ0v) is 7.33. The Morgan fingerprint density at radius 2 is 2.00 bits per heavy atom. The van der Waals surface area contributed by atoms with Gasteiger partial charge in [-0.1, -0.05) is 12.1 Å². The van der Waals surface area contributed by atoms with Crippen molar-refractivity contribution in [2.45, 2.75) is 13.3 Å². The van der Waals surface area contributed by atoms with Gasteiger partial charge in [-0.15, -0.1) is 0 Å². The molecule has 0 heterocycles. The van der Waals surface area contributed by atoms with Gasteiger partial charge in [-0.05, 0) is 17.7 Å². The van der Waals surface area contributed by atoms with E-state index in [2.05, 4.69) is 5.32 Å². The topological polar surface area (TPSA) is 46.2 Å². The number of anilines is 1. The lowest BCUT2D eigenvalue weighted by Crippen LogP contribution is -2.05. The second-order valence-electron chi connectivity index (χ2n) is 2.70. The van der Waals surface area contributed by atoms with Gasteiger partial charge in [0, 0.05) is 19.0 Å². The molecular formula is C10H10NO2. The first-order valence-corrected chi connectivity index (χ1v) is 3.94. The van der Waals surface area contributed by atoms with Crippen molar-refractivity contribution in [1.29, 1.82) is 0 Å². The lowest BCUT2D eigenvalue weighted by Gasteiger charge is -2.01. The smallest absolute Gasteiger partial charge is 0.221 e. The fourth-order valence-electron chi connectivity index (χ4n) is 0.993. The van der Waals surface area contributed by atoms with Crippen LogP contribution in [0, 0.1) is 0 Å². The first-order valence-electron chi connectivity index (χ1n) is 3.94. The first kappa shape index (κ1) is 9.45. The number of benzene rings is 1. The second-order valence-corrected chi connectivity index (χ2v) is 2.70. The average Bonchev–Trinajstić information content (AvgIpc) is 2.08. The van der Waals surface area contributed by atoms with E-state index in [1.807, 2.05) is 0 Å². The molecule has 0 fully saturated rings. The number of hydrogen-bond donors (Lipinski definition) is 1. The number of hydrogen-bond acceptors (Lipinski definition) is 2. The molecule has 1 amide bonds. The molecule has 1 rings (SSSR count). The van der Waals surface area contributed by atoms with Crippen molar-refractivity contribution in [3.8, 4) is 0 Å². The molecule has 3 nitrogen and oxygen atoms in total. The monoisotopic (exact) mass is 176 g/mol. The highest BCUT2D eigenvalue weighted by Gasteiger charge is 1.95. The number of nitrogens with one attached hydrogen (secondary N) is 1. The molecule has 1 N–H and O–H groups in total. The number of amides is 1. The van der Waals surface area contributed by atoms with E-state index in [1.54, 1.807) is 30.6 Å². The van der Waals surface area contributed by atoms with Crippen molar-refractivity contribution in [3.63, 3.8) is 0 Å². The SMILES string of the molecule is CC(=O)Nc1ccc(C[C]=O)cc1. The van der Waals surface area contributed by atoms with Crippen molar-refractivity contribution in [1.82, 2.24) is 0 Å². The molecule has 0 bridgehead atoms. The van der Waals surface area contributed by atoms with E-state index in [9.17, 15) is 9.59 Å². The number of carbonyl (C=O) groups is 1. The lowest BCUT2D eigenvalue weighted by atomic mass is 10.1. The van der Waals surface area contributed by atoms with Crippen LogP contribution in [0.1, 0.15) is 12.5 Å². The van der Waals surface area contributed by atoms with E-state index in [-0.39, 0.29) is 5.91 Å². The largest absolute Gasteiger partial charge is 0.326 e. The molecule has 67 valence electrons. The third-order valence-electron chi connectivity index (χ3n) is 1.55. The van der Waals surface area contributed by atoms with Gasteiger partial charge in [-0.25, -0.2) is 0 Å². The van der Waals surface area contributed by atoms with Gasteiger partial charge in [0.15, 0.2) is 0 Å². The van der Waals surface area contributed by atoms with Gasteiger partial charge in [0.05, 0.1) is 0 Å². The maximum Gasteiger partial charge on any atom is 0.221 e. The van der Waals surface area contributed by atoms with Gasteiger partial charge in [-0.2, -0.15) is 0 Å². The molecular weight excluding hydrogens is 166 g/mol. The van der Waals surface area contributed by atoms with Gasteiger partial charge in [0.25, 0.3) is 0 Å². The van der Waals surface area contributed by atoms with E-state index < -0.39 is 0 Å². The van der Waals surface area contributed by atoms with Crippen molar-refractivity contribution in [2.24, 2.45) is 0 Å². The Hall–Kier alpha value is -1.64. The summed E-state index contributed by atoms with van der Waals surface area (Å²) in [5, 5.41) is 2.64. The first-order chi connectivity index (χ1) is 6.22. The van der Waals surface area contributed by atoms with Gasteiger partial charge in [0.1, 0.15) is 0 Å². The van der Waals surface area contributed by atoms with E-state index >= 15 is 0 Å². The third kappa shape index (κ3) is 3.07. The summed E-state index contributed by atoms with van der Waals surface area (Å²) in [7, 11) is 0. The maximum absolute atomic E-state index is 10.7. The van der Waals surface area contributed by atoms with Crippen LogP contribution < -0.4 is 5.32 Å². The van der Waals surface area contributed by atoms with Crippen molar-refractivity contribution in [2.75, 3.05) is 5.32 Å². The normalized spacial score (nSPS) is 9.31. The molecule has 0 unspecified atom stereocenters. The Morgan fingerprint density at radius 3 is 2.46 bits per heavy atom. The summed E-state index contributed by atoms with van der Waals surface area (Å²) in [4.78, 5) is 20.7. The summed E-state index contributed by atoms with van der Waals surface area (Å²) in [6.45, 7) is 1.45. The Labute approximate surface area is 76.8 Å². The average molecular weight is 176 g/mol. The summed E-state index contributed by atoms with van der Waals surface area (Å²) >= 11 is 0. The van der Waals surface area contributed by atoms with Crippen molar-refractivity contribution < 1.29 is 9.59 Å². The fraction of sp³-hybridized carbons (Fsp3) is 0.200. The Balaban J connectivity index is 2.69. The van der Waals surface area contributed by atoms with Crippen LogP contribution in [0.25, 0.3) is 0 Å². The predicted molar refractivity (Wildman–Crippen MR) is 50.1 cm³/mol. The van der Waals surface area contributed by atoms with Crippen LogP contribution in [-0.4, -0.2) is 12.2 Å². The molecule has 0 aliphatic rings. The molecule has 0 spiro atoms. The van der Waals surface area contributed by atoms with Crippen LogP contribution >= 0.6 is 0 Å². The fourth-order valence-corrected chi connectivity index (χ4v) is 0.993. The standard InChI is InChI=1S/C10H10NO2/c1-8(13)11-10-4-2-9(3-5-10)6-7-12/h2-5H,6H2,1H3,(H,11,13). The second kappa shape index (κ2) is 4.40. The van der Waals surface area contributed by atoms with E-state index in [4.69, 9.17) is 0 Å². The van der Waals surface area contributed by atoms with Crippen LogP contribution in [0.15, 0.2) is 24.3 Å². The number of carbonyl (C=O) groups excluding carboxylic acids is 2. The van der Waals surface area contributed by atoms with Gasteiger partial charge in [0.2, 0.25) is 12.2 Å². The molecule has 0 aromatic heterocycles.